The van der Waals surface area contributed by atoms with E-state index < -0.39 is 0 Å². The Morgan fingerprint density at radius 1 is 1.40 bits per heavy atom. The summed E-state index contributed by atoms with van der Waals surface area (Å²) in [7, 11) is 0. The Kier molecular flexibility index (Phi) is 2.69. The average Bonchev–Trinajstić information content (AvgIpc) is 2.13. The van der Waals surface area contributed by atoms with E-state index in [0.29, 0.717) is 18.1 Å². The predicted octanol–water partition coefficient (Wildman–Crippen LogP) is 0.864. The van der Waals surface area contributed by atoms with E-state index >= 15 is 0 Å². The van der Waals surface area contributed by atoms with E-state index in [1.54, 1.807) is 0 Å². The maximum Gasteiger partial charge on any atom is 0.00847 e. The molecule has 1 aliphatic rings. The number of nitrogens with two attached hydrogens (primary N) is 1. The second kappa shape index (κ2) is 3.35. The van der Waals surface area contributed by atoms with Gasteiger partial charge in [-0.1, -0.05) is 13.8 Å². The van der Waals surface area contributed by atoms with E-state index in [0.717, 1.165) is 6.42 Å². The molecule has 2 nitrogen and oxygen atoms in total. The van der Waals surface area contributed by atoms with Crippen molar-refractivity contribution in [2.75, 3.05) is 0 Å². The zero-order valence-corrected chi connectivity index (χ0v) is 6.93. The lowest BCUT2D eigenvalue weighted by Crippen LogP contribution is -2.33. The summed E-state index contributed by atoms with van der Waals surface area (Å²) in [5, 5.41) is 3.49. The fourth-order valence-electron chi connectivity index (χ4n) is 1.64. The van der Waals surface area contributed by atoms with Gasteiger partial charge in [-0.15, -0.1) is 0 Å². The maximum absolute atomic E-state index is 5.76. The smallest absolute Gasteiger partial charge is 0.00847 e. The first-order chi connectivity index (χ1) is 4.68. The molecule has 2 heteroatoms. The van der Waals surface area contributed by atoms with Crippen LogP contribution in [-0.4, -0.2) is 18.1 Å². The van der Waals surface area contributed by atoms with Gasteiger partial charge in [-0.2, -0.15) is 0 Å². The highest BCUT2D eigenvalue weighted by molar-refractivity contribution is 4.83. The predicted molar refractivity (Wildman–Crippen MR) is 43.9 cm³/mol. The van der Waals surface area contributed by atoms with Crippen LogP contribution < -0.4 is 11.1 Å². The van der Waals surface area contributed by atoms with Crippen LogP contribution in [0.15, 0.2) is 0 Å². The van der Waals surface area contributed by atoms with Crippen molar-refractivity contribution in [1.29, 1.82) is 0 Å². The lowest BCUT2D eigenvalue weighted by Gasteiger charge is -2.14. The van der Waals surface area contributed by atoms with Crippen molar-refractivity contribution >= 4 is 0 Å². The SMILES string of the molecule is CC(C)N[C@@H]1CC[C@@H](N)C1. The lowest BCUT2D eigenvalue weighted by molar-refractivity contribution is 0.466. The molecule has 2 atom stereocenters. The van der Waals surface area contributed by atoms with E-state index in [1.807, 2.05) is 0 Å². The van der Waals surface area contributed by atoms with Gasteiger partial charge in [-0.3, -0.25) is 0 Å². The van der Waals surface area contributed by atoms with Gasteiger partial charge < -0.3 is 11.1 Å². The summed E-state index contributed by atoms with van der Waals surface area (Å²) in [6.45, 7) is 4.37. The Morgan fingerprint density at radius 2 is 2.10 bits per heavy atom. The maximum atomic E-state index is 5.76. The normalized spacial score (nSPS) is 33.6. The Bertz CT molecular complexity index is 101. The Morgan fingerprint density at radius 3 is 2.50 bits per heavy atom. The van der Waals surface area contributed by atoms with Gasteiger partial charge in [-0.25, -0.2) is 0 Å². The molecule has 0 aromatic heterocycles. The molecule has 0 radical (unpaired) electrons. The second-order valence-electron chi connectivity index (χ2n) is 3.59. The number of hydrogen-bond acceptors (Lipinski definition) is 2. The molecule has 0 aromatic rings. The monoisotopic (exact) mass is 142 g/mol. The van der Waals surface area contributed by atoms with Crippen molar-refractivity contribution in [3.8, 4) is 0 Å². The van der Waals surface area contributed by atoms with Gasteiger partial charge in [0.25, 0.3) is 0 Å². The number of hydrogen-bond donors (Lipinski definition) is 2. The summed E-state index contributed by atoms with van der Waals surface area (Å²) < 4.78 is 0. The molecule has 0 aliphatic heterocycles. The molecule has 0 saturated heterocycles. The van der Waals surface area contributed by atoms with Crippen molar-refractivity contribution in [3.05, 3.63) is 0 Å². The summed E-state index contributed by atoms with van der Waals surface area (Å²) in [5.41, 5.74) is 5.76. The fraction of sp³-hybridized carbons (Fsp3) is 1.00. The molecule has 1 aliphatic carbocycles. The first kappa shape index (κ1) is 8.02. The summed E-state index contributed by atoms with van der Waals surface area (Å²) in [4.78, 5) is 0. The molecule has 1 saturated carbocycles. The van der Waals surface area contributed by atoms with Crippen LogP contribution in [0.1, 0.15) is 33.1 Å². The van der Waals surface area contributed by atoms with Crippen LogP contribution >= 0.6 is 0 Å². The molecule has 3 N–H and O–H groups in total. The summed E-state index contributed by atoms with van der Waals surface area (Å²) in [6.07, 6.45) is 3.63. The fourth-order valence-corrected chi connectivity index (χ4v) is 1.64. The summed E-state index contributed by atoms with van der Waals surface area (Å²) in [6, 6.07) is 1.75. The molecule has 60 valence electrons. The average molecular weight is 142 g/mol. The Labute approximate surface area is 63.2 Å². The van der Waals surface area contributed by atoms with E-state index in [-0.39, 0.29) is 0 Å². The molecule has 10 heavy (non-hydrogen) atoms. The van der Waals surface area contributed by atoms with Crippen LogP contribution in [0.3, 0.4) is 0 Å². The van der Waals surface area contributed by atoms with E-state index in [9.17, 15) is 0 Å². The van der Waals surface area contributed by atoms with Crippen LogP contribution in [-0.2, 0) is 0 Å². The van der Waals surface area contributed by atoms with E-state index in [2.05, 4.69) is 19.2 Å². The van der Waals surface area contributed by atoms with Crippen LogP contribution in [0, 0.1) is 0 Å². The van der Waals surface area contributed by atoms with Crippen LogP contribution in [0.2, 0.25) is 0 Å². The van der Waals surface area contributed by atoms with Crippen molar-refractivity contribution in [3.63, 3.8) is 0 Å². The van der Waals surface area contributed by atoms with Crippen LogP contribution in [0.4, 0.5) is 0 Å². The van der Waals surface area contributed by atoms with Gasteiger partial charge in [0.1, 0.15) is 0 Å². The first-order valence-electron chi connectivity index (χ1n) is 4.20. The Balaban J connectivity index is 2.18. The van der Waals surface area contributed by atoms with Gasteiger partial charge in [0.05, 0.1) is 0 Å². The zero-order chi connectivity index (χ0) is 7.56. The number of rotatable bonds is 2. The Hall–Kier alpha value is -0.0800. The third-order valence-electron chi connectivity index (χ3n) is 2.04. The highest BCUT2D eigenvalue weighted by Crippen LogP contribution is 2.17. The third kappa shape index (κ3) is 2.27. The summed E-state index contributed by atoms with van der Waals surface area (Å²) >= 11 is 0. The van der Waals surface area contributed by atoms with Gasteiger partial charge in [0.2, 0.25) is 0 Å². The van der Waals surface area contributed by atoms with Gasteiger partial charge in [0.15, 0.2) is 0 Å². The molecule has 0 spiro atoms. The molecule has 0 aromatic carbocycles. The summed E-state index contributed by atoms with van der Waals surface area (Å²) in [5.74, 6) is 0. The standard InChI is InChI=1S/C8H18N2/c1-6(2)10-8-4-3-7(9)5-8/h6-8,10H,3-5,9H2,1-2H3/t7-,8-/m1/s1. The molecule has 0 unspecified atom stereocenters. The second-order valence-corrected chi connectivity index (χ2v) is 3.59. The number of nitrogens with one attached hydrogen (secondary N) is 1. The van der Waals surface area contributed by atoms with E-state index in [4.69, 9.17) is 5.73 Å². The molecular weight excluding hydrogens is 124 g/mol. The molecule has 0 bridgehead atoms. The molecule has 0 amide bonds. The minimum atomic E-state index is 0.455. The third-order valence-corrected chi connectivity index (χ3v) is 2.04. The van der Waals surface area contributed by atoms with Crippen molar-refractivity contribution < 1.29 is 0 Å². The lowest BCUT2D eigenvalue weighted by atomic mass is 10.2. The molecule has 1 fully saturated rings. The highest BCUT2D eigenvalue weighted by Gasteiger charge is 2.21. The van der Waals surface area contributed by atoms with Gasteiger partial charge >= 0.3 is 0 Å². The minimum Gasteiger partial charge on any atom is -0.328 e. The highest BCUT2D eigenvalue weighted by atomic mass is 15.0. The minimum absolute atomic E-state index is 0.455. The van der Waals surface area contributed by atoms with Crippen LogP contribution in [0.25, 0.3) is 0 Å². The van der Waals surface area contributed by atoms with Crippen molar-refractivity contribution in [1.82, 2.24) is 5.32 Å². The largest absolute Gasteiger partial charge is 0.328 e. The van der Waals surface area contributed by atoms with E-state index in [1.165, 1.54) is 12.8 Å². The van der Waals surface area contributed by atoms with Crippen LogP contribution in [0.5, 0.6) is 0 Å². The van der Waals surface area contributed by atoms with Crippen molar-refractivity contribution in [2.24, 2.45) is 5.73 Å². The topological polar surface area (TPSA) is 38.0 Å². The molecular formula is C8H18N2. The zero-order valence-electron chi connectivity index (χ0n) is 6.93. The quantitative estimate of drug-likeness (QED) is 0.600. The molecule has 0 heterocycles. The van der Waals surface area contributed by atoms with Crippen molar-refractivity contribution in [2.45, 2.75) is 51.2 Å². The first-order valence-corrected chi connectivity index (χ1v) is 4.20. The molecule has 1 rings (SSSR count). The van der Waals surface area contributed by atoms with Gasteiger partial charge in [0, 0.05) is 18.1 Å². The van der Waals surface area contributed by atoms with Gasteiger partial charge in [-0.05, 0) is 19.3 Å².